The van der Waals surface area contributed by atoms with E-state index in [9.17, 15) is 4.79 Å². The Kier molecular flexibility index (Phi) is 5.23. The Balaban J connectivity index is 1.79. The van der Waals surface area contributed by atoms with E-state index in [1.165, 1.54) is 28.7 Å². The van der Waals surface area contributed by atoms with Crippen LogP contribution < -0.4 is 15.4 Å². The largest absolute Gasteiger partial charge is 0.437 e. The number of carbonyl (C=O) groups excluding carboxylic acids is 1. The van der Waals surface area contributed by atoms with E-state index >= 15 is 0 Å². The van der Waals surface area contributed by atoms with E-state index in [0.717, 1.165) is 41.2 Å². The van der Waals surface area contributed by atoms with Gasteiger partial charge in [0.25, 0.3) is 5.91 Å². The first-order chi connectivity index (χ1) is 13.4. The number of quaternary nitrogens is 1. The van der Waals surface area contributed by atoms with Crippen LogP contribution in [0, 0.1) is 13.8 Å². The molecule has 0 unspecified atom stereocenters. The second kappa shape index (κ2) is 7.66. The zero-order chi connectivity index (χ0) is 19.8. The Bertz CT molecular complexity index is 1060. The molecule has 1 aliphatic rings. The maximum Gasteiger partial charge on any atom is 0.252 e. The summed E-state index contributed by atoms with van der Waals surface area (Å²) >= 11 is 7.65. The first-order valence-electron chi connectivity index (χ1n) is 9.29. The van der Waals surface area contributed by atoms with Crippen LogP contribution in [-0.4, -0.2) is 29.0 Å². The molecule has 0 spiro atoms. The highest BCUT2D eigenvalue weighted by Crippen LogP contribution is 2.37. The molecule has 0 aliphatic carbocycles. The van der Waals surface area contributed by atoms with Gasteiger partial charge in [-0.2, -0.15) is 4.98 Å². The molecule has 3 N–H and O–H groups in total. The highest BCUT2D eigenvalue weighted by atomic mass is 35.5. The molecule has 3 aromatic rings. The maximum absolute atomic E-state index is 11.8. The topological polar surface area (TPSA) is 82.5 Å². The first-order valence-corrected chi connectivity index (χ1v) is 10.5. The molecule has 2 aromatic heterocycles. The number of ether oxygens (including phenoxy) is 1. The third kappa shape index (κ3) is 3.70. The van der Waals surface area contributed by atoms with Gasteiger partial charge < -0.3 is 15.4 Å². The Morgan fingerprint density at radius 1 is 1.29 bits per heavy atom. The summed E-state index contributed by atoms with van der Waals surface area (Å²) in [4.78, 5) is 24.9. The van der Waals surface area contributed by atoms with Crippen LogP contribution >= 0.6 is 22.9 Å². The fourth-order valence-electron chi connectivity index (χ4n) is 3.57. The van der Waals surface area contributed by atoms with Gasteiger partial charge in [-0.25, -0.2) is 4.98 Å². The lowest BCUT2D eigenvalue weighted by Crippen LogP contribution is -3.08. The lowest BCUT2D eigenvalue weighted by atomic mass is 10.2. The zero-order valence-electron chi connectivity index (χ0n) is 15.8. The van der Waals surface area contributed by atoms with Crippen LogP contribution in [0.5, 0.6) is 11.6 Å². The number of benzene rings is 1. The van der Waals surface area contributed by atoms with Crippen LogP contribution in [0.15, 0.2) is 18.2 Å². The maximum atomic E-state index is 11.8. The standard InChI is InChI=1S/C20H21ClN4O2S/c1-11-12(2)28-20-17(11)19(23-16(24-20)10-25-7-3-4-8-25)27-15-6-5-13(21)9-14(15)18(22)26/h5-6,9H,3-4,7-8,10H2,1-2H3,(H2,22,26)/p+1. The number of nitrogens with two attached hydrogens (primary N) is 1. The molecule has 1 aliphatic heterocycles. The Morgan fingerprint density at radius 2 is 2.04 bits per heavy atom. The number of primary amides is 1. The van der Waals surface area contributed by atoms with Gasteiger partial charge in [0.1, 0.15) is 17.1 Å². The zero-order valence-corrected chi connectivity index (χ0v) is 17.4. The fourth-order valence-corrected chi connectivity index (χ4v) is 4.78. The van der Waals surface area contributed by atoms with Crippen molar-refractivity contribution in [1.29, 1.82) is 0 Å². The highest BCUT2D eigenvalue weighted by Gasteiger charge is 2.22. The van der Waals surface area contributed by atoms with E-state index in [0.29, 0.717) is 16.7 Å². The number of aromatic nitrogens is 2. The molecule has 8 heteroatoms. The minimum absolute atomic E-state index is 0.232. The van der Waals surface area contributed by atoms with Crippen LogP contribution in [0.3, 0.4) is 0 Å². The molecule has 0 saturated carbocycles. The van der Waals surface area contributed by atoms with E-state index in [1.54, 1.807) is 23.5 Å². The van der Waals surface area contributed by atoms with Gasteiger partial charge in [-0.3, -0.25) is 4.79 Å². The van der Waals surface area contributed by atoms with Crippen molar-refractivity contribution in [2.45, 2.75) is 33.2 Å². The van der Waals surface area contributed by atoms with E-state index in [2.05, 4.69) is 6.92 Å². The molecule has 28 heavy (non-hydrogen) atoms. The number of rotatable bonds is 5. The lowest BCUT2D eigenvalue weighted by molar-refractivity contribution is -0.902. The van der Waals surface area contributed by atoms with Crippen molar-refractivity contribution in [1.82, 2.24) is 9.97 Å². The average molecular weight is 418 g/mol. The Morgan fingerprint density at radius 3 is 2.75 bits per heavy atom. The molecule has 1 aromatic carbocycles. The predicted octanol–water partition coefficient (Wildman–Crippen LogP) is 3.03. The van der Waals surface area contributed by atoms with Crippen LogP contribution in [0.1, 0.15) is 39.5 Å². The van der Waals surface area contributed by atoms with Crippen molar-refractivity contribution < 1.29 is 14.4 Å². The highest BCUT2D eigenvalue weighted by molar-refractivity contribution is 7.18. The van der Waals surface area contributed by atoms with E-state index in [4.69, 9.17) is 32.0 Å². The molecule has 3 heterocycles. The molecule has 6 nitrogen and oxygen atoms in total. The van der Waals surface area contributed by atoms with Crippen molar-refractivity contribution in [2.75, 3.05) is 13.1 Å². The molecule has 0 atom stereocenters. The summed E-state index contributed by atoms with van der Waals surface area (Å²) in [5.41, 5.74) is 6.83. The Labute approximate surface area is 172 Å². The molecular formula is C20H22ClN4O2S+. The van der Waals surface area contributed by atoms with Crippen molar-refractivity contribution in [3.05, 3.63) is 45.1 Å². The second-order valence-corrected chi connectivity index (χ2v) is 8.79. The number of nitrogens with one attached hydrogen (secondary N) is 1. The van der Waals surface area contributed by atoms with Gasteiger partial charge in [0, 0.05) is 22.7 Å². The van der Waals surface area contributed by atoms with Gasteiger partial charge in [-0.1, -0.05) is 11.6 Å². The first kappa shape index (κ1) is 19.1. The van der Waals surface area contributed by atoms with Crippen molar-refractivity contribution in [3.8, 4) is 11.6 Å². The van der Waals surface area contributed by atoms with Gasteiger partial charge in [0.2, 0.25) is 5.88 Å². The monoisotopic (exact) mass is 417 g/mol. The number of amides is 1. The van der Waals surface area contributed by atoms with Crippen molar-refractivity contribution >= 4 is 39.1 Å². The summed E-state index contributed by atoms with van der Waals surface area (Å²) in [6.45, 7) is 7.15. The number of carbonyl (C=O) groups is 1. The number of hydrogen-bond acceptors (Lipinski definition) is 5. The normalized spacial score (nSPS) is 14.7. The summed E-state index contributed by atoms with van der Waals surface area (Å²) < 4.78 is 6.13. The molecular weight excluding hydrogens is 396 g/mol. The van der Waals surface area contributed by atoms with Gasteiger partial charge in [-0.15, -0.1) is 11.3 Å². The average Bonchev–Trinajstić information content (AvgIpc) is 3.25. The Hall–Kier alpha value is -2.22. The van der Waals surface area contributed by atoms with Crippen LogP contribution in [0.4, 0.5) is 0 Å². The SMILES string of the molecule is Cc1sc2nc(C[NH+]3CCCC3)nc(Oc3ccc(Cl)cc3C(N)=O)c2c1C. The van der Waals surface area contributed by atoms with Gasteiger partial charge in [0.15, 0.2) is 5.82 Å². The number of hydrogen-bond donors (Lipinski definition) is 2. The predicted molar refractivity (Wildman–Crippen MR) is 111 cm³/mol. The number of fused-ring (bicyclic) bond motifs is 1. The van der Waals surface area contributed by atoms with E-state index in [1.807, 2.05) is 6.92 Å². The van der Waals surface area contributed by atoms with Gasteiger partial charge in [0.05, 0.1) is 24.0 Å². The fraction of sp³-hybridized carbons (Fsp3) is 0.350. The minimum Gasteiger partial charge on any atom is -0.437 e. The third-order valence-corrected chi connectivity index (χ3v) is 6.51. The minimum atomic E-state index is -0.595. The molecule has 1 saturated heterocycles. The number of nitrogens with zero attached hydrogens (tertiary/aromatic N) is 2. The smallest absolute Gasteiger partial charge is 0.252 e. The summed E-state index contributed by atoms with van der Waals surface area (Å²) in [6, 6.07) is 4.83. The number of thiophene rings is 1. The summed E-state index contributed by atoms with van der Waals surface area (Å²) in [7, 11) is 0. The molecule has 0 radical (unpaired) electrons. The van der Waals surface area contributed by atoms with E-state index in [-0.39, 0.29) is 5.56 Å². The molecule has 1 amide bonds. The third-order valence-electron chi connectivity index (χ3n) is 5.17. The summed E-state index contributed by atoms with van der Waals surface area (Å²) in [5.74, 6) is 0.975. The molecule has 0 bridgehead atoms. The quantitative estimate of drug-likeness (QED) is 0.668. The lowest BCUT2D eigenvalue weighted by Gasteiger charge is -2.14. The van der Waals surface area contributed by atoms with Crippen LogP contribution in [-0.2, 0) is 6.54 Å². The number of aryl methyl sites for hydroxylation is 2. The second-order valence-electron chi connectivity index (χ2n) is 7.15. The van der Waals surface area contributed by atoms with E-state index < -0.39 is 5.91 Å². The van der Waals surface area contributed by atoms with Crippen LogP contribution in [0.2, 0.25) is 5.02 Å². The summed E-state index contributed by atoms with van der Waals surface area (Å²) in [6.07, 6.45) is 2.48. The van der Waals surface area contributed by atoms with Crippen LogP contribution in [0.25, 0.3) is 10.2 Å². The molecule has 1 fully saturated rings. The number of halogens is 1. The number of likely N-dealkylation sites (tertiary alicyclic amines) is 1. The van der Waals surface area contributed by atoms with Crippen molar-refractivity contribution in [3.63, 3.8) is 0 Å². The van der Waals surface area contributed by atoms with Crippen molar-refractivity contribution in [2.24, 2.45) is 5.73 Å². The van der Waals surface area contributed by atoms with Gasteiger partial charge in [-0.05, 0) is 37.6 Å². The summed E-state index contributed by atoms with van der Waals surface area (Å²) in [5, 5.41) is 1.31. The molecule has 146 valence electrons. The molecule has 4 rings (SSSR count). The van der Waals surface area contributed by atoms with Gasteiger partial charge >= 0.3 is 0 Å².